The Morgan fingerprint density at radius 3 is 3.13 bits per heavy atom. The molecule has 23 heavy (non-hydrogen) atoms. The molecular formula is C15H23N5O3. The number of nitrogens with one attached hydrogen (secondary N) is 3. The zero-order chi connectivity index (χ0) is 16.2. The summed E-state index contributed by atoms with van der Waals surface area (Å²) in [4.78, 5) is 33.1. The number of rotatable bonds is 6. The Hall–Kier alpha value is -1.93. The van der Waals surface area contributed by atoms with Gasteiger partial charge in [-0.25, -0.2) is 4.98 Å². The molecule has 1 aromatic heterocycles. The third-order valence-corrected chi connectivity index (χ3v) is 4.36. The quantitative estimate of drug-likeness (QED) is 0.642. The molecule has 8 heteroatoms. The summed E-state index contributed by atoms with van der Waals surface area (Å²) in [5, 5.41) is 6.39. The lowest BCUT2D eigenvalue weighted by molar-refractivity contribution is -0.128. The lowest BCUT2D eigenvalue weighted by Gasteiger charge is -2.18. The molecule has 2 aliphatic rings. The van der Waals surface area contributed by atoms with Gasteiger partial charge in [-0.3, -0.25) is 14.6 Å². The molecule has 0 bridgehead atoms. The van der Waals surface area contributed by atoms with Crippen molar-refractivity contribution in [3.05, 3.63) is 21.6 Å². The molecule has 0 aromatic carbocycles. The van der Waals surface area contributed by atoms with Gasteiger partial charge < -0.3 is 20.3 Å². The predicted molar refractivity (Wildman–Crippen MR) is 85.3 cm³/mol. The Balaban J connectivity index is 1.58. The lowest BCUT2D eigenvalue weighted by atomic mass is 10.1. The molecule has 0 aliphatic carbocycles. The van der Waals surface area contributed by atoms with Crippen molar-refractivity contribution in [1.82, 2.24) is 20.2 Å². The lowest BCUT2D eigenvalue weighted by Crippen LogP contribution is -2.32. The maximum Gasteiger partial charge on any atom is 0.255 e. The Kier molecular flexibility index (Phi) is 4.92. The highest BCUT2D eigenvalue weighted by Crippen LogP contribution is 2.18. The molecule has 1 amide bonds. The third kappa shape index (κ3) is 3.70. The summed E-state index contributed by atoms with van der Waals surface area (Å²) >= 11 is 0. The fraction of sp³-hybridized carbons (Fsp3) is 0.667. The minimum atomic E-state index is -0.0665. The van der Waals surface area contributed by atoms with Crippen LogP contribution >= 0.6 is 0 Å². The number of hydrogen-bond acceptors (Lipinski definition) is 6. The second kappa shape index (κ2) is 7.10. The first-order chi connectivity index (χ1) is 11.2. The molecule has 3 rings (SSSR count). The first-order valence-electron chi connectivity index (χ1n) is 8.00. The summed E-state index contributed by atoms with van der Waals surface area (Å²) in [5.41, 5.74) is 1.52. The Bertz CT molecular complexity index is 630. The summed E-state index contributed by atoms with van der Waals surface area (Å²) in [6.45, 7) is 3.95. The van der Waals surface area contributed by atoms with E-state index in [4.69, 9.17) is 4.74 Å². The highest BCUT2D eigenvalue weighted by atomic mass is 16.5. The van der Waals surface area contributed by atoms with E-state index in [9.17, 15) is 9.59 Å². The van der Waals surface area contributed by atoms with Gasteiger partial charge in [0.05, 0.1) is 12.3 Å². The van der Waals surface area contributed by atoms with Crippen molar-refractivity contribution < 1.29 is 9.53 Å². The number of carbonyl (C=O) groups is 1. The van der Waals surface area contributed by atoms with E-state index < -0.39 is 0 Å². The molecule has 3 N–H and O–H groups in total. The number of methoxy groups -OCH3 is 1. The average molecular weight is 321 g/mol. The highest BCUT2D eigenvalue weighted by molar-refractivity contribution is 5.78. The van der Waals surface area contributed by atoms with E-state index in [0.717, 1.165) is 17.8 Å². The van der Waals surface area contributed by atoms with E-state index in [1.807, 2.05) is 4.90 Å². The normalized spacial score (nSPS) is 20.7. The van der Waals surface area contributed by atoms with Crippen LogP contribution in [-0.4, -0.2) is 60.7 Å². The largest absolute Gasteiger partial charge is 0.383 e. The number of hydrogen-bond donors (Lipinski definition) is 3. The smallest absolute Gasteiger partial charge is 0.255 e. The molecule has 0 saturated carbocycles. The van der Waals surface area contributed by atoms with Crippen molar-refractivity contribution >= 4 is 11.9 Å². The number of nitrogens with zero attached hydrogens (tertiary/aromatic N) is 2. The second-order valence-corrected chi connectivity index (χ2v) is 6.05. The Morgan fingerprint density at radius 2 is 2.30 bits per heavy atom. The van der Waals surface area contributed by atoms with Crippen molar-refractivity contribution in [1.29, 1.82) is 0 Å². The summed E-state index contributed by atoms with van der Waals surface area (Å²) in [7, 11) is 1.63. The summed E-state index contributed by atoms with van der Waals surface area (Å²) in [6.07, 6.45) is 1.23. The molecule has 8 nitrogen and oxygen atoms in total. The van der Waals surface area contributed by atoms with Crippen LogP contribution in [0, 0.1) is 5.92 Å². The van der Waals surface area contributed by atoms with Crippen LogP contribution in [0.1, 0.15) is 17.7 Å². The van der Waals surface area contributed by atoms with Gasteiger partial charge in [0.15, 0.2) is 0 Å². The number of aromatic amines is 1. The molecule has 3 heterocycles. The average Bonchev–Trinajstić information content (AvgIpc) is 2.91. The van der Waals surface area contributed by atoms with E-state index in [2.05, 4.69) is 20.6 Å². The number of likely N-dealkylation sites (tertiary alicyclic amines) is 1. The molecule has 126 valence electrons. The molecule has 0 spiro atoms. The van der Waals surface area contributed by atoms with Crippen molar-refractivity contribution in [2.24, 2.45) is 5.92 Å². The first kappa shape index (κ1) is 15.9. The van der Waals surface area contributed by atoms with Crippen molar-refractivity contribution in [3.63, 3.8) is 0 Å². The summed E-state index contributed by atoms with van der Waals surface area (Å²) in [5.74, 6) is 0.865. The van der Waals surface area contributed by atoms with Gasteiger partial charge >= 0.3 is 0 Å². The highest BCUT2D eigenvalue weighted by Gasteiger charge is 2.29. The molecular weight excluding hydrogens is 298 g/mol. The maximum atomic E-state index is 12.1. The van der Waals surface area contributed by atoms with E-state index in [-0.39, 0.29) is 17.4 Å². The van der Waals surface area contributed by atoms with Crippen LogP contribution < -0.4 is 16.2 Å². The van der Waals surface area contributed by atoms with Gasteiger partial charge in [0, 0.05) is 51.2 Å². The topological polar surface area (TPSA) is 99.3 Å². The van der Waals surface area contributed by atoms with Crippen LogP contribution in [0.4, 0.5) is 5.95 Å². The molecule has 1 fully saturated rings. The van der Waals surface area contributed by atoms with Crippen molar-refractivity contribution in [2.75, 3.05) is 45.2 Å². The SMILES string of the molecule is COCCN1CC(CNc2nc3c(c(=O)[nH]2)CCNC3)CC1=O. The number of anilines is 1. The van der Waals surface area contributed by atoms with E-state index >= 15 is 0 Å². The van der Waals surface area contributed by atoms with Gasteiger partial charge in [-0.1, -0.05) is 0 Å². The number of aromatic nitrogens is 2. The third-order valence-electron chi connectivity index (χ3n) is 4.36. The van der Waals surface area contributed by atoms with Crippen LogP contribution in [-0.2, 0) is 22.5 Å². The van der Waals surface area contributed by atoms with E-state index in [1.165, 1.54) is 0 Å². The van der Waals surface area contributed by atoms with Crippen LogP contribution in [0.3, 0.4) is 0 Å². The zero-order valence-corrected chi connectivity index (χ0v) is 13.4. The fourth-order valence-corrected chi connectivity index (χ4v) is 3.10. The fourth-order valence-electron chi connectivity index (χ4n) is 3.10. The molecule has 1 saturated heterocycles. The molecule has 1 unspecified atom stereocenters. The number of amides is 1. The van der Waals surface area contributed by atoms with Gasteiger partial charge in [0.1, 0.15) is 0 Å². The van der Waals surface area contributed by atoms with Crippen LogP contribution in [0.15, 0.2) is 4.79 Å². The molecule has 0 radical (unpaired) electrons. The second-order valence-electron chi connectivity index (χ2n) is 6.05. The van der Waals surface area contributed by atoms with Crippen molar-refractivity contribution in [3.8, 4) is 0 Å². The minimum Gasteiger partial charge on any atom is -0.383 e. The van der Waals surface area contributed by atoms with Crippen molar-refractivity contribution in [2.45, 2.75) is 19.4 Å². The van der Waals surface area contributed by atoms with Crippen LogP contribution in [0.25, 0.3) is 0 Å². The Labute approximate surface area is 134 Å². The van der Waals surface area contributed by atoms with Gasteiger partial charge in [-0.2, -0.15) is 0 Å². The van der Waals surface area contributed by atoms with Crippen LogP contribution in [0.5, 0.6) is 0 Å². The summed E-state index contributed by atoms with van der Waals surface area (Å²) in [6, 6.07) is 0. The van der Waals surface area contributed by atoms with Crippen LogP contribution in [0.2, 0.25) is 0 Å². The number of ether oxygens (including phenoxy) is 1. The van der Waals surface area contributed by atoms with Gasteiger partial charge in [0.2, 0.25) is 11.9 Å². The molecule has 1 aromatic rings. The molecule has 1 atom stereocenters. The first-order valence-corrected chi connectivity index (χ1v) is 8.00. The molecule has 2 aliphatic heterocycles. The standard InChI is InChI=1S/C15H23N5O3/c1-23-5-4-20-9-10(6-13(20)21)7-17-15-18-12-8-16-3-2-11(12)14(22)19-15/h10,16H,2-9H2,1H3,(H2,17,18,19,22). The zero-order valence-electron chi connectivity index (χ0n) is 13.4. The van der Waals surface area contributed by atoms with Gasteiger partial charge in [0.25, 0.3) is 5.56 Å². The number of H-pyrrole nitrogens is 1. The van der Waals surface area contributed by atoms with E-state index in [1.54, 1.807) is 7.11 Å². The summed E-state index contributed by atoms with van der Waals surface area (Å²) < 4.78 is 5.02. The predicted octanol–water partition coefficient (Wildman–Crippen LogP) is -0.678. The maximum absolute atomic E-state index is 12.1. The van der Waals surface area contributed by atoms with E-state index in [0.29, 0.717) is 51.6 Å². The number of carbonyl (C=O) groups excluding carboxylic acids is 1. The van der Waals surface area contributed by atoms with Gasteiger partial charge in [-0.05, 0) is 13.0 Å². The van der Waals surface area contributed by atoms with Gasteiger partial charge in [-0.15, -0.1) is 0 Å². The monoisotopic (exact) mass is 321 g/mol. The number of fused-ring (bicyclic) bond motifs is 1. The Morgan fingerprint density at radius 1 is 1.43 bits per heavy atom. The minimum absolute atomic E-state index is 0.0665.